The van der Waals surface area contributed by atoms with Gasteiger partial charge in [0.1, 0.15) is 16.9 Å². The monoisotopic (exact) mass is 631 g/mol. The van der Waals surface area contributed by atoms with Crippen molar-refractivity contribution in [2.24, 2.45) is 13.0 Å². The van der Waals surface area contributed by atoms with Crippen LogP contribution in [0.3, 0.4) is 0 Å². The number of fused-ring (bicyclic) bond motifs is 5. The number of likely N-dealkylation sites (N-methyl/N-ethyl adjacent to an activating group) is 1. The van der Waals surface area contributed by atoms with Gasteiger partial charge in [0.05, 0.1) is 38.6 Å². The van der Waals surface area contributed by atoms with E-state index in [4.69, 9.17) is 0 Å². The van der Waals surface area contributed by atoms with Crippen molar-refractivity contribution in [3.63, 3.8) is 0 Å². The summed E-state index contributed by atoms with van der Waals surface area (Å²) in [5.41, 5.74) is 1.15. The summed E-state index contributed by atoms with van der Waals surface area (Å²) in [7, 11) is 5.12. The van der Waals surface area contributed by atoms with Crippen LogP contribution in [0.25, 0.3) is 44.1 Å². The van der Waals surface area contributed by atoms with Gasteiger partial charge < -0.3 is 29.4 Å². The Bertz CT molecular complexity index is 2130. The highest BCUT2D eigenvalue weighted by molar-refractivity contribution is 6.19. The zero-order valence-electron chi connectivity index (χ0n) is 26.5. The van der Waals surface area contributed by atoms with Crippen LogP contribution < -0.4 is 15.2 Å². The highest BCUT2D eigenvalue weighted by Crippen LogP contribution is 2.50. The Labute approximate surface area is 263 Å². The normalized spacial score (nSPS) is 19.5. The summed E-state index contributed by atoms with van der Waals surface area (Å²) in [6, 6.07) is 2.56. The lowest BCUT2D eigenvalue weighted by atomic mass is 9.89. The second-order valence-corrected chi connectivity index (χ2v) is 12.1. The van der Waals surface area contributed by atoms with Gasteiger partial charge in [0.15, 0.2) is 11.6 Å². The fraction of sp³-hybridized carbons (Fsp3) is 0.364. The Morgan fingerprint density at radius 3 is 2.61 bits per heavy atom. The molecule has 2 fully saturated rings. The first-order valence-electron chi connectivity index (χ1n) is 15.1. The minimum Gasteiger partial charge on any atom is -0.477 e. The molecule has 11 nitrogen and oxygen atoms in total. The number of hydrogen-bond donors (Lipinski definition) is 2. The third-order valence-electron chi connectivity index (χ3n) is 9.43. The number of pyridine rings is 3. The highest BCUT2D eigenvalue weighted by atomic mass is 19.2. The van der Waals surface area contributed by atoms with Crippen molar-refractivity contribution in [3.05, 3.63) is 58.1 Å². The molecule has 0 bridgehead atoms. The summed E-state index contributed by atoms with van der Waals surface area (Å²) < 4.78 is 32.6. The lowest BCUT2D eigenvalue weighted by Crippen LogP contribution is -2.47. The SMILES string of the molecule is CC.CN1C[C@@H]2CCN(c3c(-c4cnc5c(c4)c(=O)c(C(=O)O)cn5C)cnc4[nH]c5c(N(C)C=O)cc(F)c(F)c5c34)[C@]2(C)C1. The summed E-state index contributed by atoms with van der Waals surface area (Å²) in [6.45, 7) is 8.41. The molecule has 0 spiro atoms. The van der Waals surface area contributed by atoms with Crippen LogP contribution >= 0.6 is 0 Å². The van der Waals surface area contributed by atoms with E-state index in [0.717, 1.165) is 25.6 Å². The van der Waals surface area contributed by atoms with Gasteiger partial charge in [0.25, 0.3) is 0 Å². The molecule has 0 radical (unpaired) electrons. The Morgan fingerprint density at radius 1 is 1.17 bits per heavy atom. The maximum absolute atomic E-state index is 15.9. The predicted octanol–water partition coefficient (Wildman–Crippen LogP) is 4.76. The van der Waals surface area contributed by atoms with Crippen LogP contribution in [0.4, 0.5) is 20.2 Å². The van der Waals surface area contributed by atoms with Crippen molar-refractivity contribution in [3.8, 4) is 11.1 Å². The zero-order chi connectivity index (χ0) is 33.2. The number of halogens is 2. The number of carbonyl (C=O) groups excluding carboxylic acids is 1. The van der Waals surface area contributed by atoms with E-state index in [1.54, 1.807) is 25.5 Å². The van der Waals surface area contributed by atoms with Crippen molar-refractivity contribution >= 4 is 56.7 Å². The standard InChI is InChI=1S/C31H29F2N7O4.C2H6/c1-31-13-37(2)11-16(31)5-6-40(31)26-18(15-7-17-27(42)19(30(43)44)12-38(3)29(17)35-9-15)10-34-28-23(26)22-24(33)20(32)8-21(25(22)36-28)39(4)14-41;1-2/h7-10,12,14,16H,5-6,11,13H2,1-4H3,(H,34,36)(H,43,44);1-2H3/t16-,31+;/m0./s1. The van der Waals surface area contributed by atoms with Gasteiger partial charge in [-0.25, -0.2) is 23.5 Å². The smallest absolute Gasteiger partial charge is 0.341 e. The summed E-state index contributed by atoms with van der Waals surface area (Å²) in [5, 5.41) is 10.0. The van der Waals surface area contributed by atoms with Gasteiger partial charge in [-0.2, -0.15) is 0 Å². The Morgan fingerprint density at radius 2 is 1.91 bits per heavy atom. The minimum absolute atomic E-state index is 0.0377. The number of aromatic nitrogens is 4. The molecule has 1 aromatic carbocycles. The number of anilines is 2. The number of aromatic amines is 1. The topological polar surface area (TPSA) is 128 Å². The number of carboxylic acid groups (broad SMARTS) is 1. The van der Waals surface area contributed by atoms with Crippen LogP contribution in [0.5, 0.6) is 0 Å². The number of benzene rings is 1. The van der Waals surface area contributed by atoms with Crippen molar-refractivity contribution in [1.82, 2.24) is 24.4 Å². The summed E-state index contributed by atoms with van der Waals surface area (Å²) in [6.07, 6.45) is 5.81. The first-order chi connectivity index (χ1) is 21.9. The molecule has 0 unspecified atom stereocenters. The maximum Gasteiger partial charge on any atom is 0.341 e. The molecule has 5 aromatic rings. The number of nitrogens with zero attached hydrogens (tertiary/aromatic N) is 6. The van der Waals surface area contributed by atoms with E-state index >= 15 is 8.78 Å². The van der Waals surface area contributed by atoms with Crippen LogP contribution in [0.1, 0.15) is 37.6 Å². The van der Waals surface area contributed by atoms with Gasteiger partial charge in [0.2, 0.25) is 11.8 Å². The third kappa shape index (κ3) is 4.43. The van der Waals surface area contributed by atoms with E-state index in [9.17, 15) is 19.5 Å². The van der Waals surface area contributed by atoms with E-state index in [1.807, 2.05) is 13.8 Å². The number of H-pyrrole nitrogens is 1. The van der Waals surface area contributed by atoms with E-state index in [2.05, 4.69) is 38.7 Å². The molecular formula is C33H35F2N7O4. The van der Waals surface area contributed by atoms with Crippen LogP contribution in [0, 0.1) is 17.6 Å². The van der Waals surface area contributed by atoms with Gasteiger partial charge in [-0.3, -0.25) is 9.59 Å². The van der Waals surface area contributed by atoms with Crippen LogP contribution in [0.2, 0.25) is 0 Å². The van der Waals surface area contributed by atoms with Gasteiger partial charge in [-0.05, 0) is 32.4 Å². The van der Waals surface area contributed by atoms with Gasteiger partial charge >= 0.3 is 5.97 Å². The van der Waals surface area contributed by atoms with Crippen LogP contribution in [0.15, 0.2) is 35.5 Å². The van der Waals surface area contributed by atoms with E-state index in [1.165, 1.54) is 22.7 Å². The summed E-state index contributed by atoms with van der Waals surface area (Å²) in [5.74, 6) is -3.22. The minimum atomic E-state index is -1.35. The fourth-order valence-corrected chi connectivity index (χ4v) is 7.34. The van der Waals surface area contributed by atoms with E-state index in [-0.39, 0.29) is 27.5 Å². The Hall–Kier alpha value is -4.91. The van der Waals surface area contributed by atoms with E-state index in [0.29, 0.717) is 52.4 Å². The zero-order valence-corrected chi connectivity index (χ0v) is 26.5. The maximum atomic E-state index is 15.9. The van der Waals surface area contributed by atoms with Crippen molar-refractivity contribution < 1.29 is 23.5 Å². The van der Waals surface area contributed by atoms with Crippen molar-refractivity contribution in [1.29, 1.82) is 0 Å². The second kappa shape index (κ2) is 11.2. The number of carboxylic acids is 1. The van der Waals surface area contributed by atoms with Gasteiger partial charge in [-0.15, -0.1) is 0 Å². The molecule has 2 aliphatic heterocycles. The molecule has 2 saturated heterocycles. The van der Waals surface area contributed by atoms with Crippen molar-refractivity contribution in [2.45, 2.75) is 32.7 Å². The first kappa shape index (κ1) is 31.1. The molecular weight excluding hydrogens is 596 g/mol. The number of aromatic carboxylic acids is 1. The molecule has 0 saturated carbocycles. The fourth-order valence-electron chi connectivity index (χ4n) is 7.34. The number of hydrogen-bond acceptors (Lipinski definition) is 7. The number of rotatable bonds is 5. The van der Waals surface area contributed by atoms with Crippen molar-refractivity contribution in [2.75, 3.05) is 43.5 Å². The summed E-state index contributed by atoms with van der Waals surface area (Å²) >= 11 is 0. The second-order valence-electron chi connectivity index (χ2n) is 12.1. The molecule has 7 rings (SSSR count). The molecule has 13 heteroatoms. The van der Waals surface area contributed by atoms with Crippen LogP contribution in [-0.2, 0) is 11.8 Å². The first-order valence-corrected chi connectivity index (χ1v) is 15.1. The lowest BCUT2D eigenvalue weighted by Gasteiger charge is -2.38. The summed E-state index contributed by atoms with van der Waals surface area (Å²) in [4.78, 5) is 54.7. The number of carbonyl (C=O) groups is 2. The van der Waals surface area contributed by atoms with Gasteiger partial charge in [0, 0.05) is 69.5 Å². The highest BCUT2D eigenvalue weighted by Gasteiger charge is 2.51. The quantitative estimate of drug-likeness (QED) is 0.266. The molecule has 2 aliphatic rings. The molecule has 4 aromatic heterocycles. The predicted molar refractivity (Wildman–Crippen MR) is 174 cm³/mol. The number of likely N-dealkylation sites (tertiary alicyclic amines) is 1. The average molecular weight is 632 g/mol. The third-order valence-corrected chi connectivity index (χ3v) is 9.43. The molecule has 46 heavy (non-hydrogen) atoms. The molecule has 2 N–H and O–H groups in total. The largest absolute Gasteiger partial charge is 0.477 e. The number of nitrogens with one attached hydrogen (secondary N) is 1. The van der Waals surface area contributed by atoms with E-state index < -0.39 is 28.6 Å². The number of aryl methyl sites for hydroxylation is 1. The molecule has 0 aliphatic carbocycles. The van der Waals surface area contributed by atoms with Gasteiger partial charge in [-0.1, -0.05) is 13.8 Å². The van der Waals surface area contributed by atoms with Crippen LogP contribution in [-0.4, -0.2) is 81.2 Å². The molecule has 6 heterocycles. The lowest BCUT2D eigenvalue weighted by molar-refractivity contribution is -0.107. The number of amides is 1. The Balaban J connectivity index is 0.00000182. The molecule has 2 atom stereocenters. The molecule has 240 valence electrons. The molecule has 1 amide bonds. The Kier molecular flexibility index (Phi) is 7.54. The average Bonchev–Trinajstić information content (AvgIpc) is 3.67.